The first-order chi connectivity index (χ1) is 8.13. The van der Waals surface area contributed by atoms with Crippen LogP contribution in [0.3, 0.4) is 0 Å². The van der Waals surface area contributed by atoms with Gasteiger partial charge in [-0.2, -0.15) is 0 Å². The second kappa shape index (κ2) is 5.07. The zero-order valence-electron chi connectivity index (χ0n) is 10.9. The van der Waals surface area contributed by atoms with Crippen LogP contribution in [0, 0.1) is 0 Å². The van der Waals surface area contributed by atoms with Gasteiger partial charge in [-0.3, -0.25) is 4.90 Å². The molecule has 1 aromatic carbocycles. The highest BCUT2D eigenvalue weighted by Crippen LogP contribution is 2.34. The normalized spacial score (nSPS) is 19.1. The molecule has 94 valence electrons. The van der Waals surface area contributed by atoms with Crippen LogP contribution >= 0.6 is 0 Å². The zero-order valence-corrected chi connectivity index (χ0v) is 10.9. The minimum absolute atomic E-state index is 0.133. The summed E-state index contributed by atoms with van der Waals surface area (Å²) < 4.78 is 5.18. The van der Waals surface area contributed by atoms with Gasteiger partial charge in [0.15, 0.2) is 0 Å². The molecule has 0 spiro atoms. The van der Waals surface area contributed by atoms with Crippen LogP contribution in [0.15, 0.2) is 24.3 Å². The van der Waals surface area contributed by atoms with E-state index in [1.807, 2.05) is 12.1 Å². The first-order valence-corrected chi connectivity index (χ1v) is 6.25. The van der Waals surface area contributed by atoms with E-state index in [2.05, 4.69) is 31.0 Å². The molecule has 0 radical (unpaired) electrons. The molecule has 2 atom stereocenters. The molecule has 17 heavy (non-hydrogen) atoms. The van der Waals surface area contributed by atoms with Crippen molar-refractivity contribution < 1.29 is 4.74 Å². The van der Waals surface area contributed by atoms with Crippen LogP contribution in [0.1, 0.15) is 31.4 Å². The van der Waals surface area contributed by atoms with Gasteiger partial charge in [-0.25, -0.2) is 0 Å². The van der Waals surface area contributed by atoms with Crippen molar-refractivity contribution >= 4 is 0 Å². The van der Waals surface area contributed by atoms with Gasteiger partial charge in [0.05, 0.1) is 7.11 Å². The number of rotatable bonds is 5. The number of likely N-dealkylation sites (N-methyl/N-ethyl adjacent to an activating group) is 1. The molecule has 0 heterocycles. The number of nitrogens with two attached hydrogens (primary N) is 1. The number of benzene rings is 1. The standard InChI is InChI=1S/C14H22N2O/c1-10(15)14(16(2)12-6-7-12)11-4-8-13(17-3)9-5-11/h4-5,8-10,12,14H,6-7,15H2,1-3H3. The fourth-order valence-corrected chi connectivity index (χ4v) is 2.42. The molecule has 3 heteroatoms. The second-order valence-electron chi connectivity index (χ2n) is 4.97. The van der Waals surface area contributed by atoms with Crippen molar-refractivity contribution in [3.63, 3.8) is 0 Å². The van der Waals surface area contributed by atoms with Crippen LogP contribution in [0.4, 0.5) is 0 Å². The van der Waals surface area contributed by atoms with Gasteiger partial charge in [0.1, 0.15) is 5.75 Å². The fourth-order valence-electron chi connectivity index (χ4n) is 2.42. The van der Waals surface area contributed by atoms with E-state index in [1.54, 1.807) is 7.11 Å². The molecule has 0 saturated heterocycles. The Kier molecular flexibility index (Phi) is 3.69. The molecule has 1 fully saturated rings. The van der Waals surface area contributed by atoms with Crippen LogP contribution < -0.4 is 10.5 Å². The molecule has 3 nitrogen and oxygen atoms in total. The Morgan fingerprint density at radius 2 is 1.88 bits per heavy atom. The number of hydrogen-bond acceptors (Lipinski definition) is 3. The summed E-state index contributed by atoms with van der Waals surface area (Å²) in [4.78, 5) is 2.41. The maximum Gasteiger partial charge on any atom is 0.118 e. The smallest absolute Gasteiger partial charge is 0.118 e. The Morgan fingerprint density at radius 1 is 1.29 bits per heavy atom. The molecule has 2 N–H and O–H groups in total. The summed E-state index contributed by atoms with van der Waals surface area (Å²) in [7, 11) is 3.87. The van der Waals surface area contributed by atoms with Crippen LogP contribution in [-0.2, 0) is 0 Å². The third kappa shape index (κ3) is 2.79. The lowest BCUT2D eigenvalue weighted by Crippen LogP contribution is -2.38. The van der Waals surface area contributed by atoms with Gasteiger partial charge in [0, 0.05) is 18.1 Å². The summed E-state index contributed by atoms with van der Waals surface area (Å²) in [6.45, 7) is 2.08. The van der Waals surface area contributed by atoms with Crippen molar-refractivity contribution in [3.05, 3.63) is 29.8 Å². The largest absolute Gasteiger partial charge is 0.497 e. The molecular weight excluding hydrogens is 212 g/mol. The van der Waals surface area contributed by atoms with E-state index in [9.17, 15) is 0 Å². The van der Waals surface area contributed by atoms with Crippen molar-refractivity contribution in [2.24, 2.45) is 5.73 Å². The molecule has 0 aromatic heterocycles. The highest BCUT2D eigenvalue weighted by atomic mass is 16.5. The number of ether oxygens (including phenoxy) is 1. The second-order valence-corrected chi connectivity index (χ2v) is 4.97. The van der Waals surface area contributed by atoms with Gasteiger partial charge < -0.3 is 10.5 Å². The molecular formula is C14H22N2O. The van der Waals surface area contributed by atoms with Gasteiger partial charge in [-0.1, -0.05) is 12.1 Å². The van der Waals surface area contributed by atoms with Gasteiger partial charge >= 0.3 is 0 Å². The Balaban J connectivity index is 2.18. The molecule has 2 unspecified atom stereocenters. The van der Waals surface area contributed by atoms with Crippen molar-refractivity contribution in [1.29, 1.82) is 0 Å². The third-order valence-corrected chi connectivity index (χ3v) is 3.52. The Bertz CT molecular complexity index is 357. The molecule has 1 aliphatic rings. The van der Waals surface area contributed by atoms with Crippen molar-refractivity contribution in [2.45, 2.75) is 37.9 Å². The zero-order chi connectivity index (χ0) is 12.4. The lowest BCUT2D eigenvalue weighted by atomic mass is 9.99. The summed E-state index contributed by atoms with van der Waals surface area (Å²) in [5.74, 6) is 0.895. The molecule has 2 rings (SSSR count). The first-order valence-electron chi connectivity index (χ1n) is 6.25. The quantitative estimate of drug-likeness (QED) is 0.848. The first kappa shape index (κ1) is 12.4. The average Bonchev–Trinajstić information content (AvgIpc) is 3.13. The number of hydrogen-bond donors (Lipinski definition) is 1. The van der Waals surface area contributed by atoms with Crippen LogP contribution in [0.5, 0.6) is 5.75 Å². The SMILES string of the molecule is COc1ccc(C(C(C)N)N(C)C2CC2)cc1. The molecule has 1 aromatic rings. The van der Waals surface area contributed by atoms with E-state index in [0.29, 0.717) is 12.1 Å². The maximum absolute atomic E-state index is 6.13. The number of methoxy groups -OCH3 is 1. The van der Waals surface area contributed by atoms with E-state index in [-0.39, 0.29) is 6.04 Å². The predicted octanol–water partition coefficient (Wildman–Crippen LogP) is 2.18. The molecule has 0 bridgehead atoms. The summed E-state index contributed by atoms with van der Waals surface area (Å²) >= 11 is 0. The van der Waals surface area contributed by atoms with E-state index in [4.69, 9.17) is 10.5 Å². The van der Waals surface area contributed by atoms with Crippen molar-refractivity contribution in [1.82, 2.24) is 4.90 Å². The van der Waals surface area contributed by atoms with Crippen LogP contribution in [0.25, 0.3) is 0 Å². The minimum Gasteiger partial charge on any atom is -0.497 e. The Hall–Kier alpha value is -1.06. The lowest BCUT2D eigenvalue weighted by Gasteiger charge is -2.31. The summed E-state index contributed by atoms with van der Waals surface area (Å²) in [6.07, 6.45) is 2.60. The fraction of sp³-hybridized carbons (Fsp3) is 0.571. The monoisotopic (exact) mass is 234 g/mol. The highest BCUT2D eigenvalue weighted by Gasteiger charge is 2.33. The van der Waals surface area contributed by atoms with Gasteiger partial charge in [-0.05, 0) is 44.5 Å². The Morgan fingerprint density at radius 3 is 2.29 bits per heavy atom. The van der Waals surface area contributed by atoms with E-state index >= 15 is 0 Å². The highest BCUT2D eigenvalue weighted by molar-refractivity contribution is 5.30. The van der Waals surface area contributed by atoms with Gasteiger partial charge in [0.2, 0.25) is 0 Å². The topological polar surface area (TPSA) is 38.5 Å². The van der Waals surface area contributed by atoms with Crippen molar-refractivity contribution in [2.75, 3.05) is 14.2 Å². The maximum atomic E-state index is 6.13. The van der Waals surface area contributed by atoms with Gasteiger partial charge in [-0.15, -0.1) is 0 Å². The van der Waals surface area contributed by atoms with E-state index < -0.39 is 0 Å². The average molecular weight is 234 g/mol. The lowest BCUT2D eigenvalue weighted by molar-refractivity contribution is 0.209. The molecule has 0 aliphatic heterocycles. The molecule has 0 amide bonds. The third-order valence-electron chi connectivity index (χ3n) is 3.52. The van der Waals surface area contributed by atoms with Crippen LogP contribution in [-0.4, -0.2) is 31.1 Å². The van der Waals surface area contributed by atoms with Gasteiger partial charge in [0.25, 0.3) is 0 Å². The van der Waals surface area contributed by atoms with Crippen molar-refractivity contribution in [3.8, 4) is 5.75 Å². The summed E-state index contributed by atoms with van der Waals surface area (Å²) in [5.41, 5.74) is 7.41. The minimum atomic E-state index is 0.133. The molecule has 1 saturated carbocycles. The number of nitrogens with zero attached hydrogens (tertiary/aromatic N) is 1. The summed E-state index contributed by atoms with van der Waals surface area (Å²) in [6, 6.07) is 9.39. The van der Waals surface area contributed by atoms with E-state index in [1.165, 1.54) is 18.4 Å². The Labute approximate surface area is 104 Å². The summed E-state index contributed by atoms with van der Waals surface area (Å²) in [5, 5.41) is 0. The molecule has 1 aliphatic carbocycles. The van der Waals surface area contributed by atoms with Crippen LogP contribution in [0.2, 0.25) is 0 Å². The van der Waals surface area contributed by atoms with E-state index in [0.717, 1.165) is 5.75 Å². The predicted molar refractivity (Wildman–Crippen MR) is 70.2 cm³/mol.